The Labute approximate surface area is 259 Å². The fraction of sp³-hybridized carbons (Fsp3) is 0.182. The molecule has 0 amide bonds. The van der Waals surface area contributed by atoms with Crippen LogP contribution in [0.5, 0.6) is 0 Å². The number of hydrogen-bond donors (Lipinski definition) is 1. The van der Waals surface area contributed by atoms with E-state index in [-0.39, 0.29) is 33.5 Å². The Kier molecular flexibility index (Phi) is 15.0. The van der Waals surface area contributed by atoms with Crippen LogP contribution < -0.4 is 10.4 Å². The van der Waals surface area contributed by atoms with Crippen LogP contribution in [-0.2, 0) is 38.6 Å². The first kappa shape index (κ1) is 33.9. The Hall–Kier alpha value is -3.33. The van der Waals surface area contributed by atoms with Gasteiger partial charge in [-0.25, -0.2) is 15.0 Å². The Bertz CT molecular complexity index is 1400. The molecule has 0 bridgehead atoms. The summed E-state index contributed by atoms with van der Waals surface area (Å²) in [6.07, 6.45) is 4.49. The van der Waals surface area contributed by atoms with Gasteiger partial charge in [-0.05, 0) is 37.1 Å². The third-order valence-electron chi connectivity index (χ3n) is 5.83. The molecule has 4 rings (SSSR count). The van der Waals surface area contributed by atoms with Crippen molar-refractivity contribution in [3.05, 3.63) is 150 Å². The van der Waals surface area contributed by atoms with Gasteiger partial charge in [0.25, 0.3) is 0 Å². The summed E-state index contributed by atoms with van der Waals surface area (Å²) in [5.41, 5.74) is 2.88. The van der Waals surface area contributed by atoms with Gasteiger partial charge < -0.3 is 10.4 Å². The Morgan fingerprint density at radius 2 is 1.63 bits per heavy atom. The molecule has 3 aromatic carbocycles. The van der Waals surface area contributed by atoms with Crippen molar-refractivity contribution < 1.29 is 40.7 Å². The maximum absolute atomic E-state index is 12.8. The summed E-state index contributed by atoms with van der Waals surface area (Å²) in [7, 11) is -4.15. The number of carbonyl (C=O) groups is 1. The van der Waals surface area contributed by atoms with E-state index in [0.717, 1.165) is 25.0 Å². The van der Waals surface area contributed by atoms with Gasteiger partial charge in [-0.1, -0.05) is 85.8 Å². The minimum atomic E-state index is -4.15. The molecule has 0 saturated heterocycles. The van der Waals surface area contributed by atoms with Gasteiger partial charge in [0.1, 0.15) is 0 Å². The Morgan fingerprint density at radius 1 is 0.976 bits per heavy atom. The zero-order valence-corrected chi connectivity index (χ0v) is 25.7. The molecule has 0 aliphatic carbocycles. The van der Waals surface area contributed by atoms with E-state index in [9.17, 15) is 18.3 Å². The number of hydrogen-bond acceptors (Lipinski definition) is 6. The smallest absolute Gasteiger partial charge is 0.872 e. The van der Waals surface area contributed by atoms with Gasteiger partial charge in [-0.15, -0.1) is 0 Å². The van der Waals surface area contributed by atoms with E-state index in [1.807, 2.05) is 49.5 Å². The fourth-order valence-corrected chi connectivity index (χ4v) is 5.00. The Balaban J connectivity index is 0.000000350. The van der Waals surface area contributed by atoms with E-state index in [1.165, 1.54) is 24.2 Å². The third kappa shape index (κ3) is 11.6. The molecule has 8 heteroatoms. The number of unbranched alkanes of at least 4 members (excludes halogenated alkanes) is 1. The molecular weight excluding hydrogens is 717 g/mol. The number of aromatic nitrogens is 1. The third-order valence-corrected chi connectivity index (χ3v) is 7.43. The van der Waals surface area contributed by atoms with E-state index in [2.05, 4.69) is 22.4 Å². The van der Waals surface area contributed by atoms with Crippen LogP contribution in [0.1, 0.15) is 46.9 Å². The molecule has 0 aliphatic heterocycles. The number of Topliss-reactive ketones (excluding diaryl/α,β-unsaturated/α-hetero) is 1. The molecule has 1 N–H and O–H groups in total. The molecule has 1 atom stereocenters. The molecule has 0 radical (unpaired) electrons. The summed E-state index contributed by atoms with van der Waals surface area (Å²) in [5.74, 6) is -1.22. The molecule has 0 fully saturated rings. The maximum atomic E-state index is 12.8. The van der Waals surface area contributed by atoms with Crippen LogP contribution >= 0.6 is 0 Å². The minimum Gasteiger partial charge on any atom is -0.872 e. The molecule has 4 aromatic rings. The van der Waals surface area contributed by atoms with E-state index in [4.69, 9.17) is 0 Å². The van der Waals surface area contributed by atoms with Crippen LogP contribution in [0.15, 0.2) is 115 Å². The van der Waals surface area contributed by atoms with Crippen molar-refractivity contribution in [1.82, 2.24) is 10.3 Å². The molecule has 1 aromatic heterocycles. The van der Waals surface area contributed by atoms with Crippen molar-refractivity contribution in [1.29, 1.82) is 0 Å². The van der Waals surface area contributed by atoms with Crippen molar-refractivity contribution in [2.24, 2.45) is 0 Å². The van der Waals surface area contributed by atoms with Gasteiger partial charge in [-0.3, -0.25) is 9.78 Å². The predicted molar refractivity (Wildman–Crippen MR) is 157 cm³/mol. The first-order valence-corrected chi connectivity index (χ1v) is 14.7. The number of nitrogens with zero attached hydrogens (tertiary/aromatic N) is 1. The first-order chi connectivity index (χ1) is 19.4. The number of carbonyl (C=O) groups excluding carboxylic acids is 1. The summed E-state index contributed by atoms with van der Waals surface area (Å²) in [6.45, 7) is 3.84. The molecule has 41 heavy (non-hydrogen) atoms. The summed E-state index contributed by atoms with van der Waals surface area (Å²) in [4.78, 5) is 17.1. The molecule has 0 aliphatic rings. The topological polar surface area (TPSA) is 99.2 Å². The SMILES string of the molecule is CCCCN[CH-]C(C(=O)c1ccccc1)S(=O)(=O)/C=C(\[O-])c1ccccc1.[Au+3].[c-]1cccc(Cc2ccccn2)c1. The Morgan fingerprint density at radius 3 is 2.22 bits per heavy atom. The standard InChI is InChI=1S/C21H24NO4S.C12H10N.Au/c1-2-3-14-22-15-20(21(24)18-12-8-5-9-13-18)27(25,26)16-19(23)17-10-6-4-7-11-17;1-2-6-11(7-3-1)10-12-8-4-5-9-13-12;/h4-13,15-16,20,22-23H,2-3,14H2,1H3;1-2,4-9H,10H2;/q2*-1;+3/p-1/b19-16-;;. The number of benzene rings is 3. The normalized spacial score (nSPS) is 11.9. The second-order valence-corrected chi connectivity index (χ2v) is 10.9. The number of sulfone groups is 1. The van der Waals surface area contributed by atoms with Gasteiger partial charge in [0.15, 0.2) is 15.6 Å². The van der Waals surface area contributed by atoms with Gasteiger partial charge in [0, 0.05) is 28.1 Å². The van der Waals surface area contributed by atoms with E-state index < -0.39 is 26.6 Å². The second kappa shape index (κ2) is 18.2. The van der Waals surface area contributed by atoms with E-state index >= 15 is 0 Å². The summed E-state index contributed by atoms with van der Waals surface area (Å²) < 4.78 is 25.6. The van der Waals surface area contributed by atoms with Crippen LogP contribution in [0.3, 0.4) is 0 Å². The summed E-state index contributed by atoms with van der Waals surface area (Å²) in [5, 5.41) is 14.4. The molecule has 1 unspecified atom stereocenters. The van der Waals surface area contributed by atoms with Gasteiger partial charge >= 0.3 is 22.4 Å². The average molecular weight is 751 g/mol. The van der Waals surface area contributed by atoms with Crippen molar-refractivity contribution >= 4 is 21.4 Å². The van der Waals surface area contributed by atoms with Crippen LogP contribution in [0, 0.1) is 12.6 Å². The second-order valence-electron chi connectivity index (χ2n) is 8.97. The largest absolute Gasteiger partial charge is 3.00 e. The summed E-state index contributed by atoms with van der Waals surface area (Å²) in [6, 6.07) is 33.3. The molecule has 0 spiro atoms. The van der Waals surface area contributed by atoms with Crippen molar-refractivity contribution in [2.75, 3.05) is 6.54 Å². The van der Waals surface area contributed by atoms with Gasteiger partial charge in [-0.2, -0.15) is 35.9 Å². The number of rotatable bonds is 12. The maximum Gasteiger partial charge on any atom is 3.00 e. The van der Waals surface area contributed by atoms with Crippen LogP contribution in [0.2, 0.25) is 0 Å². The zero-order valence-electron chi connectivity index (χ0n) is 22.7. The first-order valence-electron chi connectivity index (χ1n) is 13.1. The molecule has 0 saturated carbocycles. The molecule has 216 valence electrons. The van der Waals surface area contributed by atoms with E-state index in [1.54, 1.807) is 48.5 Å². The zero-order chi connectivity index (χ0) is 28.6. The van der Waals surface area contributed by atoms with Gasteiger partial charge in [0.2, 0.25) is 0 Å². The predicted octanol–water partition coefficient (Wildman–Crippen LogP) is 5.03. The van der Waals surface area contributed by atoms with Crippen molar-refractivity contribution in [3.63, 3.8) is 0 Å². The van der Waals surface area contributed by atoms with Crippen LogP contribution in [0.25, 0.3) is 5.76 Å². The molecule has 6 nitrogen and oxygen atoms in total. The van der Waals surface area contributed by atoms with E-state index in [0.29, 0.717) is 12.0 Å². The minimum absolute atomic E-state index is 0. The van der Waals surface area contributed by atoms with Crippen molar-refractivity contribution in [2.45, 2.75) is 31.4 Å². The number of nitrogens with one attached hydrogen (secondary N) is 1. The molecular formula is C33H33AuN2O4S. The average Bonchev–Trinajstić information content (AvgIpc) is 2.99. The quantitative estimate of drug-likeness (QED) is 0.0718. The van der Waals surface area contributed by atoms with Crippen LogP contribution in [-0.4, -0.2) is 31.0 Å². The monoisotopic (exact) mass is 750 g/mol. The molecule has 1 heterocycles. The summed E-state index contributed by atoms with van der Waals surface area (Å²) >= 11 is 0. The fourth-order valence-electron chi connectivity index (χ4n) is 3.70. The van der Waals surface area contributed by atoms with Crippen LogP contribution in [0.4, 0.5) is 0 Å². The number of pyridine rings is 1. The van der Waals surface area contributed by atoms with Crippen molar-refractivity contribution in [3.8, 4) is 0 Å². The number of ketones is 1. The van der Waals surface area contributed by atoms with Gasteiger partial charge in [0.05, 0.1) is 0 Å².